The highest BCUT2D eigenvalue weighted by Crippen LogP contribution is 2.17. The first-order valence-electron chi connectivity index (χ1n) is 7.88. The van der Waals surface area contributed by atoms with E-state index in [-0.39, 0.29) is 11.9 Å². The molecule has 1 aliphatic heterocycles. The van der Waals surface area contributed by atoms with Gasteiger partial charge in [0, 0.05) is 30.4 Å². The lowest BCUT2D eigenvalue weighted by Crippen LogP contribution is -2.35. The lowest BCUT2D eigenvalue weighted by atomic mass is 9.98. The maximum Gasteiger partial charge on any atom is 0.251 e. The van der Waals surface area contributed by atoms with E-state index < -0.39 is 0 Å². The van der Waals surface area contributed by atoms with E-state index in [0.717, 1.165) is 12.2 Å². The molecular weight excluding hydrogens is 262 g/mol. The summed E-state index contributed by atoms with van der Waals surface area (Å²) in [6, 6.07) is 7.91. The van der Waals surface area contributed by atoms with E-state index in [0.29, 0.717) is 11.5 Å². The largest absolute Gasteiger partial charge is 0.385 e. The lowest BCUT2D eigenvalue weighted by Gasteiger charge is -2.30. The maximum absolute atomic E-state index is 11.9. The van der Waals surface area contributed by atoms with Crippen molar-refractivity contribution in [1.29, 1.82) is 0 Å². The molecule has 1 saturated heterocycles. The third-order valence-corrected chi connectivity index (χ3v) is 3.88. The Morgan fingerprint density at radius 3 is 2.67 bits per heavy atom. The van der Waals surface area contributed by atoms with Crippen molar-refractivity contribution < 1.29 is 4.79 Å². The van der Waals surface area contributed by atoms with Gasteiger partial charge in [-0.1, -0.05) is 0 Å². The summed E-state index contributed by atoms with van der Waals surface area (Å²) in [5.41, 5.74) is 1.80. The Bertz CT molecular complexity index is 456. The van der Waals surface area contributed by atoms with E-state index in [1.165, 1.54) is 25.9 Å². The summed E-state index contributed by atoms with van der Waals surface area (Å²) < 4.78 is 0. The Balaban J connectivity index is 1.83. The first kappa shape index (κ1) is 15.8. The van der Waals surface area contributed by atoms with Crippen LogP contribution in [0, 0.1) is 5.92 Å². The van der Waals surface area contributed by atoms with Crippen LogP contribution < -0.4 is 10.6 Å². The number of hydrogen-bond acceptors (Lipinski definition) is 3. The Hall–Kier alpha value is -1.55. The standard InChI is InChI=1S/C17H27N3O/c1-13(2)19-17(21)15-6-8-16(9-7-15)18-11-14-5-4-10-20(3)12-14/h6-9,13-14,18H,4-5,10-12H2,1-3H3,(H,19,21). The van der Waals surface area contributed by atoms with Crippen LogP contribution in [-0.2, 0) is 0 Å². The molecule has 1 atom stereocenters. The number of nitrogens with zero attached hydrogens (tertiary/aromatic N) is 1. The topological polar surface area (TPSA) is 44.4 Å². The van der Waals surface area contributed by atoms with Crippen molar-refractivity contribution >= 4 is 11.6 Å². The highest BCUT2D eigenvalue weighted by atomic mass is 16.1. The molecule has 0 bridgehead atoms. The summed E-state index contributed by atoms with van der Waals surface area (Å²) in [7, 11) is 2.19. The number of benzene rings is 1. The third-order valence-electron chi connectivity index (χ3n) is 3.88. The monoisotopic (exact) mass is 289 g/mol. The molecule has 116 valence electrons. The molecule has 1 aromatic carbocycles. The second-order valence-corrected chi connectivity index (χ2v) is 6.36. The van der Waals surface area contributed by atoms with Crippen molar-refractivity contribution in [2.75, 3.05) is 32.0 Å². The summed E-state index contributed by atoms with van der Waals surface area (Å²) >= 11 is 0. The molecule has 0 saturated carbocycles. The van der Waals surface area contributed by atoms with Crippen LogP contribution in [-0.4, -0.2) is 43.5 Å². The van der Waals surface area contributed by atoms with Crippen LogP contribution >= 0.6 is 0 Å². The van der Waals surface area contributed by atoms with E-state index in [1.54, 1.807) is 0 Å². The zero-order valence-corrected chi connectivity index (χ0v) is 13.4. The van der Waals surface area contributed by atoms with E-state index in [4.69, 9.17) is 0 Å². The van der Waals surface area contributed by atoms with Gasteiger partial charge in [0.15, 0.2) is 0 Å². The van der Waals surface area contributed by atoms with Gasteiger partial charge in [-0.2, -0.15) is 0 Å². The molecule has 0 aromatic heterocycles. The predicted molar refractivity (Wildman–Crippen MR) is 87.8 cm³/mol. The van der Waals surface area contributed by atoms with Gasteiger partial charge in [-0.05, 0) is 70.5 Å². The molecule has 1 amide bonds. The fraction of sp³-hybridized carbons (Fsp3) is 0.588. The Kier molecular flexibility index (Phi) is 5.62. The second-order valence-electron chi connectivity index (χ2n) is 6.36. The Morgan fingerprint density at radius 2 is 2.05 bits per heavy atom. The van der Waals surface area contributed by atoms with Crippen LogP contribution in [0.3, 0.4) is 0 Å². The molecule has 0 spiro atoms. The smallest absolute Gasteiger partial charge is 0.251 e. The van der Waals surface area contributed by atoms with Gasteiger partial charge >= 0.3 is 0 Å². The summed E-state index contributed by atoms with van der Waals surface area (Å²) in [5, 5.41) is 6.39. The number of amides is 1. The molecular formula is C17H27N3O. The summed E-state index contributed by atoms with van der Waals surface area (Å²) in [5.74, 6) is 0.707. The number of anilines is 1. The van der Waals surface area contributed by atoms with E-state index >= 15 is 0 Å². The number of likely N-dealkylation sites (tertiary alicyclic amines) is 1. The fourth-order valence-corrected chi connectivity index (χ4v) is 2.79. The minimum atomic E-state index is -0.00884. The molecule has 1 heterocycles. The van der Waals surface area contributed by atoms with E-state index in [9.17, 15) is 4.79 Å². The van der Waals surface area contributed by atoms with Gasteiger partial charge in [0.25, 0.3) is 5.91 Å². The number of carbonyl (C=O) groups excluding carboxylic acids is 1. The zero-order chi connectivity index (χ0) is 15.2. The first-order valence-corrected chi connectivity index (χ1v) is 7.88. The molecule has 0 aliphatic carbocycles. The molecule has 0 radical (unpaired) electrons. The van der Waals surface area contributed by atoms with E-state index in [1.807, 2.05) is 38.1 Å². The Labute approximate surface area is 127 Å². The molecule has 4 nitrogen and oxygen atoms in total. The third kappa shape index (κ3) is 5.05. The quantitative estimate of drug-likeness (QED) is 0.875. The molecule has 4 heteroatoms. The van der Waals surface area contributed by atoms with E-state index in [2.05, 4.69) is 22.6 Å². The predicted octanol–water partition coefficient (Wildman–Crippen LogP) is 2.58. The zero-order valence-electron chi connectivity index (χ0n) is 13.4. The van der Waals surface area contributed by atoms with Crippen molar-refractivity contribution in [2.45, 2.75) is 32.7 Å². The average molecular weight is 289 g/mol. The average Bonchev–Trinajstić information content (AvgIpc) is 2.45. The van der Waals surface area contributed by atoms with Gasteiger partial charge in [-0.15, -0.1) is 0 Å². The SMILES string of the molecule is CC(C)NC(=O)c1ccc(NCC2CCCN(C)C2)cc1. The lowest BCUT2D eigenvalue weighted by molar-refractivity contribution is 0.0943. The molecule has 1 aliphatic rings. The molecule has 1 aromatic rings. The van der Waals surface area contributed by atoms with Crippen molar-refractivity contribution in [2.24, 2.45) is 5.92 Å². The van der Waals surface area contributed by atoms with Crippen LogP contribution in [0.1, 0.15) is 37.0 Å². The van der Waals surface area contributed by atoms with Gasteiger partial charge < -0.3 is 15.5 Å². The molecule has 1 fully saturated rings. The number of carbonyl (C=O) groups is 1. The molecule has 2 N–H and O–H groups in total. The molecule has 1 unspecified atom stereocenters. The number of hydrogen-bond donors (Lipinski definition) is 2. The maximum atomic E-state index is 11.9. The van der Waals surface area contributed by atoms with Gasteiger partial charge in [0.2, 0.25) is 0 Å². The van der Waals surface area contributed by atoms with Crippen LogP contribution in [0.25, 0.3) is 0 Å². The van der Waals surface area contributed by atoms with Gasteiger partial charge in [-0.3, -0.25) is 4.79 Å². The van der Waals surface area contributed by atoms with Crippen LogP contribution in [0.5, 0.6) is 0 Å². The normalized spacial score (nSPS) is 19.5. The van der Waals surface area contributed by atoms with Gasteiger partial charge in [0.05, 0.1) is 0 Å². The van der Waals surface area contributed by atoms with Crippen molar-refractivity contribution in [1.82, 2.24) is 10.2 Å². The van der Waals surface area contributed by atoms with Crippen molar-refractivity contribution in [3.8, 4) is 0 Å². The molecule has 2 rings (SSSR count). The summed E-state index contributed by atoms with van der Waals surface area (Å²) in [6.45, 7) is 7.32. The first-order chi connectivity index (χ1) is 10.0. The Morgan fingerprint density at radius 1 is 1.33 bits per heavy atom. The van der Waals surface area contributed by atoms with Gasteiger partial charge in [0.1, 0.15) is 0 Å². The summed E-state index contributed by atoms with van der Waals surface area (Å²) in [6.07, 6.45) is 2.59. The van der Waals surface area contributed by atoms with Crippen molar-refractivity contribution in [3.63, 3.8) is 0 Å². The second kappa shape index (κ2) is 7.46. The van der Waals surface area contributed by atoms with Crippen LogP contribution in [0.15, 0.2) is 24.3 Å². The van der Waals surface area contributed by atoms with Gasteiger partial charge in [-0.25, -0.2) is 0 Å². The molecule has 21 heavy (non-hydrogen) atoms. The fourth-order valence-electron chi connectivity index (χ4n) is 2.79. The number of nitrogens with one attached hydrogen (secondary N) is 2. The highest BCUT2D eigenvalue weighted by Gasteiger charge is 2.16. The van der Waals surface area contributed by atoms with Crippen LogP contribution in [0.4, 0.5) is 5.69 Å². The highest BCUT2D eigenvalue weighted by molar-refractivity contribution is 5.94. The number of rotatable bonds is 5. The minimum Gasteiger partial charge on any atom is -0.385 e. The van der Waals surface area contributed by atoms with Crippen molar-refractivity contribution in [3.05, 3.63) is 29.8 Å². The summed E-state index contributed by atoms with van der Waals surface area (Å²) in [4.78, 5) is 14.3. The number of piperidine rings is 1. The minimum absolute atomic E-state index is 0.00884. The van der Waals surface area contributed by atoms with Crippen LogP contribution in [0.2, 0.25) is 0 Å².